The number of nitrogens with zero attached hydrogens (tertiary/aromatic N) is 1. The highest BCUT2D eigenvalue weighted by molar-refractivity contribution is 5.70. The second-order valence-electron chi connectivity index (χ2n) is 19.1. The molecule has 0 amide bonds. The Hall–Kier alpha value is -1.22. The molecule has 0 saturated carbocycles. The molecule has 0 bridgehead atoms. The van der Waals surface area contributed by atoms with Crippen LogP contribution >= 0.6 is 0 Å². The number of likely N-dealkylation sites (N-methyl/N-ethyl adjacent to an activating group) is 1. The quantitative estimate of drug-likeness (QED) is 0.0272. The van der Waals surface area contributed by atoms with Crippen LogP contribution in [0.25, 0.3) is 0 Å². The Labute approximate surface area is 366 Å². The van der Waals surface area contributed by atoms with Gasteiger partial charge < -0.3 is 28.9 Å². The highest BCUT2D eigenvalue weighted by Gasteiger charge is 2.22. The van der Waals surface area contributed by atoms with Crippen LogP contribution in [0.4, 0.5) is 0 Å². The average molecular weight is 841 g/mol. The molecule has 8 heteroatoms. The molecule has 0 radical (unpaired) electrons. The van der Waals surface area contributed by atoms with E-state index in [0.29, 0.717) is 17.4 Å². The molecule has 0 fully saturated rings. The van der Waals surface area contributed by atoms with E-state index in [9.17, 15) is 19.8 Å². The van der Waals surface area contributed by atoms with E-state index in [4.69, 9.17) is 14.2 Å². The summed E-state index contributed by atoms with van der Waals surface area (Å²) in [6.07, 6.45) is 50.7. The number of hydrogen-bond donors (Lipinski definition) is 2. The molecule has 0 aromatic heterocycles. The minimum absolute atomic E-state index is 0.214. The van der Waals surface area contributed by atoms with E-state index < -0.39 is 18.4 Å². The van der Waals surface area contributed by atoms with Gasteiger partial charge in [-0.3, -0.25) is 4.79 Å². The number of unbranched alkanes of at least 4 members (excludes halogenated alkanes) is 37. The van der Waals surface area contributed by atoms with Crippen molar-refractivity contribution in [2.75, 3.05) is 47.5 Å². The molecule has 59 heavy (non-hydrogen) atoms. The third-order valence-corrected chi connectivity index (χ3v) is 11.8. The van der Waals surface area contributed by atoms with Gasteiger partial charge in [0.1, 0.15) is 19.3 Å². The smallest absolute Gasteiger partial charge is 0.361 e. The van der Waals surface area contributed by atoms with Crippen molar-refractivity contribution >= 4 is 11.9 Å². The molecule has 0 rings (SSSR count). The lowest BCUT2D eigenvalue weighted by atomic mass is 10.0. The molecule has 0 aromatic rings. The standard InChI is InChI=1S/C51H101NO7/c1-5-6-7-8-9-10-11-12-13-14-15-16-17-18-19-20-21-22-23-24-25-26-27-28-29-30-31-32-33-34-35-36-37-38-39-40-41-42-43-49(54)58-46-48(53)47-59-51(50(55)56)57-45-44-52(2,3)4/h48,51,53H,5-47H2,1-4H3/p+1. The molecule has 0 spiro atoms. The van der Waals surface area contributed by atoms with E-state index in [0.717, 1.165) is 19.3 Å². The van der Waals surface area contributed by atoms with Gasteiger partial charge in [0.15, 0.2) is 0 Å². The summed E-state index contributed by atoms with van der Waals surface area (Å²) < 4.78 is 16.2. The number of carbonyl (C=O) groups is 2. The normalized spacial score (nSPS) is 12.9. The number of aliphatic carboxylic acids is 1. The van der Waals surface area contributed by atoms with E-state index in [1.807, 2.05) is 21.1 Å². The second-order valence-corrected chi connectivity index (χ2v) is 19.1. The fraction of sp³-hybridized carbons (Fsp3) is 0.961. The zero-order valence-electron chi connectivity index (χ0n) is 39.9. The molecule has 0 aromatic carbocycles. The van der Waals surface area contributed by atoms with Crippen molar-refractivity contribution in [2.24, 2.45) is 0 Å². The van der Waals surface area contributed by atoms with Gasteiger partial charge in [-0.25, -0.2) is 4.79 Å². The molecule has 0 aliphatic heterocycles. The molecule has 0 aliphatic carbocycles. The van der Waals surface area contributed by atoms with Gasteiger partial charge in [-0.2, -0.15) is 0 Å². The number of esters is 1. The lowest BCUT2D eigenvalue weighted by Crippen LogP contribution is -2.40. The van der Waals surface area contributed by atoms with Crippen molar-refractivity contribution in [3.8, 4) is 0 Å². The Balaban J connectivity index is 3.29. The van der Waals surface area contributed by atoms with Crippen LogP contribution in [-0.4, -0.2) is 86.5 Å². The fourth-order valence-corrected chi connectivity index (χ4v) is 7.84. The Morgan fingerprint density at radius 2 is 0.729 bits per heavy atom. The maximum atomic E-state index is 12.0. The summed E-state index contributed by atoms with van der Waals surface area (Å²) >= 11 is 0. The van der Waals surface area contributed by atoms with Crippen LogP contribution in [0, 0.1) is 0 Å². The number of ether oxygens (including phenoxy) is 3. The first-order chi connectivity index (χ1) is 28.7. The summed E-state index contributed by atoms with van der Waals surface area (Å²) in [6.45, 7) is 2.63. The number of carboxylic acids is 1. The van der Waals surface area contributed by atoms with Crippen LogP contribution in [-0.2, 0) is 23.8 Å². The number of rotatable bonds is 49. The van der Waals surface area contributed by atoms with E-state index in [-0.39, 0.29) is 25.8 Å². The Kier molecular flexibility index (Phi) is 43.9. The van der Waals surface area contributed by atoms with Crippen LogP contribution < -0.4 is 0 Å². The van der Waals surface area contributed by atoms with Crippen LogP contribution in [0.5, 0.6) is 0 Å². The second kappa shape index (κ2) is 44.8. The predicted octanol–water partition coefficient (Wildman–Crippen LogP) is 14.3. The van der Waals surface area contributed by atoms with Crippen molar-refractivity contribution in [1.82, 2.24) is 0 Å². The molecular formula is C51H102NO7+. The molecule has 2 N–H and O–H groups in total. The fourth-order valence-electron chi connectivity index (χ4n) is 7.84. The topological polar surface area (TPSA) is 102 Å². The van der Waals surface area contributed by atoms with Gasteiger partial charge in [0, 0.05) is 6.42 Å². The van der Waals surface area contributed by atoms with Crippen molar-refractivity contribution in [2.45, 2.75) is 270 Å². The van der Waals surface area contributed by atoms with Gasteiger partial charge in [-0.1, -0.05) is 244 Å². The number of aliphatic hydroxyl groups excluding tert-OH is 1. The van der Waals surface area contributed by atoms with E-state index in [2.05, 4.69) is 6.92 Å². The Morgan fingerprint density at radius 3 is 1.00 bits per heavy atom. The lowest BCUT2D eigenvalue weighted by molar-refractivity contribution is -0.870. The highest BCUT2D eigenvalue weighted by atomic mass is 16.7. The van der Waals surface area contributed by atoms with Gasteiger partial charge in [-0.05, 0) is 6.42 Å². The summed E-state index contributed by atoms with van der Waals surface area (Å²) in [5.41, 5.74) is 0. The highest BCUT2D eigenvalue weighted by Crippen LogP contribution is 2.18. The van der Waals surface area contributed by atoms with Crippen LogP contribution in [0.3, 0.4) is 0 Å². The molecule has 8 nitrogen and oxygen atoms in total. The summed E-state index contributed by atoms with van der Waals surface area (Å²) in [6, 6.07) is 0. The van der Waals surface area contributed by atoms with Gasteiger partial charge in [0.05, 0.1) is 34.4 Å². The molecule has 0 saturated heterocycles. The van der Waals surface area contributed by atoms with Gasteiger partial charge in [0.2, 0.25) is 0 Å². The Bertz CT molecular complexity index is 879. The minimum atomic E-state index is -1.46. The summed E-state index contributed by atoms with van der Waals surface area (Å²) in [5, 5.41) is 19.3. The zero-order chi connectivity index (χ0) is 43.3. The minimum Gasteiger partial charge on any atom is -0.477 e. The third kappa shape index (κ3) is 47.7. The largest absolute Gasteiger partial charge is 0.477 e. The van der Waals surface area contributed by atoms with Crippen molar-refractivity contribution < 1.29 is 38.5 Å². The van der Waals surface area contributed by atoms with Crippen molar-refractivity contribution in [3.05, 3.63) is 0 Å². The molecule has 352 valence electrons. The van der Waals surface area contributed by atoms with Gasteiger partial charge in [-0.15, -0.1) is 0 Å². The van der Waals surface area contributed by atoms with Crippen LogP contribution in [0.15, 0.2) is 0 Å². The van der Waals surface area contributed by atoms with Gasteiger partial charge in [0.25, 0.3) is 6.29 Å². The van der Waals surface area contributed by atoms with Crippen molar-refractivity contribution in [1.29, 1.82) is 0 Å². The number of carboxylic acid groups (broad SMARTS) is 1. The predicted molar refractivity (Wildman–Crippen MR) is 249 cm³/mol. The number of hydrogen-bond acceptors (Lipinski definition) is 6. The lowest BCUT2D eigenvalue weighted by Gasteiger charge is -2.24. The van der Waals surface area contributed by atoms with Crippen LogP contribution in [0.1, 0.15) is 257 Å². The first-order valence-electron chi connectivity index (χ1n) is 25.8. The Morgan fingerprint density at radius 1 is 0.441 bits per heavy atom. The molecule has 2 unspecified atom stereocenters. The SMILES string of the molecule is CCCCCCCCCCCCCCCCCCCCCCCCCCCCCCCCCCCCCCCCC(=O)OCC(O)COC(OCC[N+](C)(C)C)C(=O)O. The summed E-state index contributed by atoms with van der Waals surface area (Å²) in [5.74, 6) is -1.60. The van der Waals surface area contributed by atoms with E-state index >= 15 is 0 Å². The molecule has 0 heterocycles. The number of carbonyl (C=O) groups excluding carboxylic acids is 1. The summed E-state index contributed by atoms with van der Waals surface area (Å²) in [4.78, 5) is 23.4. The molecule has 0 aliphatic rings. The van der Waals surface area contributed by atoms with Gasteiger partial charge >= 0.3 is 11.9 Å². The maximum Gasteiger partial charge on any atom is 0.361 e. The van der Waals surface area contributed by atoms with E-state index in [1.165, 1.54) is 225 Å². The van der Waals surface area contributed by atoms with Crippen LogP contribution in [0.2, 0.25) is 0 Å². The first-order valence-corrected chi connectivity index (χ1v) is 25.8. The molecule has 2 atom stereocenters. The average Bonchev–Trinajstić information content (AvgIpc) is 3.20. The number of quaternary nitrogens is 1. The third-order valence-electron chi connectivity index (χ3n) is 11.8. The van der Waals surface area contributed by atoms with E-state index in [1.54, 1.807) is 0 Å². The maximum absolute atomic E-state index is 12.0. The zero-order valence-corrected chi connectivity index (χ0v) is 39.9. The first kappa shape index (κ1) is 57.8. The van der Waals surface area contributed by atoms with Crippen molar-refractivity contribution in [3.63, 3.8) is 0 Å². The number of aliphatic hydroxyl groups is 1. The monoisotopic (exact) mass is 841 g/mol. The summed E-state index contributed by atoms with van der Waals surface area (Å²) in [7, 11) is 5.93. The molecular weight excluding hydrogens is 739 g/mol.